The van der Waals surface area contributed by atoms with Crippen LogP contribution in [0.2, 0.25) is 5.02 Å². The lowest BCUT2D eigenvalue weighted by Crippen LogP contribution is -2.22. The molecule has 0 heterocycles. The van der Waals surface area contributed by atoms with E-state index in [1.54, 1.807) is 62.7 Å². The molecule has 0 saturated carbocycles. The molecule has 2 rings (SSSR count). The number of ether oxygens (including phenoxy) is 1. The lowest BCUT2D eigenvalue weighted by atomic mass is 10.2. The van der Waals surface area contributed by atoms with E-state index in [2.05, 4.69) is 5.32 Å². The third-order valence-electron chi connectivity index (χ3n) is 3.60. The predicted molar refractivity (Wildman–Crippen MR) is 101 cm³/mol. The van der Waals surface area contributed by atoms with E-state index >= 15 is 0 Å². The van der Waals surface area contributed by atoms with Crippen LogP contribution >= 0.6 is 11.6 Å². The summed E-state index contributed by atoms with van der Waals surface area (Å²) in [6, 6.07) is 12.2. The molecule has 0 saturated heterocycles. The van der Waals surface area contributed by atoms with Gasteiger partial charge in [-0.1, -0.05) is 11.6 Å². The molecular formula is C19H19ClN2O3. The molecule has 2 aromatic rings. The molecule has 0 aliphatic carbocycles. The second-order valence-corrected chi connectivity index (χ2v) is 5.77. The van der Waals surface area contributed by atoms with E-state index in [4.69, 9.17) is 16.3 Å². The van der Waals surface area contributed by atoms with Crippen molar-refractivity contribution in [1.82, 2.24) is 0 Å². The standard InChI is InChI=1S/C19H19ClN2O3/c1-13(23)22(2)17-8-6-16(7-9-17)21-19(24)11-4-14-12-15(20)5-10-18(14)25-3/h4-12H,1-3H3,(H,21,24). The van der Waals surface area contributed by atoms with Gasteiger partial charge < -0.3 is 15.0 Å². The van der Waals surface area contributed by atoms with E-state index in [-0.39, 0.29) is 11.8 Å². The smallest absolute Gasteiger partial charge is 0.248 e. The molecule has 2 aromatic carbocycles. The third-order valence-corrected chi connectivity index (χ3v) is 3.84. The van der Waals surface area contributed by atoms with E-state index in [9.17, 15) is 9.59 Å². The highest BCUT2D eigenvalue weighted by Gasteiger charge is 2.06. The molecule has 2 amide bonds. The molecule has 0 atom stereocenters. The van der Waals surface area contributed by atoms with Crippen LogP contribution in [0.3, 0.4) is 0 Å². The fourth-order valence-corrected chi connectivity index (χ4v) is 2.32. The van der Waals surface area contributed by atoms with Crippen LogP contribution < -0.4 is 15.0 Å². The van der Waals surface area contributed by atoms with Crippen molar-refractivity contribution in [3.05, 3.63) is 59.1 Å². The van der Waals surface area contributed by atoms with E-state index in [1.165, 1.54) is 17.9 Å². The van der Waals surface area contributed by atoms with Crippen molar-refractivity contribution in [3.8, 4) is 5.75 Å². The Hall–Kier alpha value is -2.79. The molecule has 0 fully saturated rings. The second kappa shape index (κ2) is 8.35. The van der Waals surface area contributed by atoms with Gasteiger partial charge in [0.15, 0.2) is 0 Å². The average Bonchev–Trinajstić information content (AvgIpc) is 2.60. The van der Waals surface area contributed by atoms with Gasteiger partial charge in [0.05, 0.1) is 7.11 Å². The molecular weight excluding hydrogens is 340 g/mol. The van der Waals surface area contributed by atoms with Crippen molar-refractivity contribution in [2.45, 2.75) is 6.92 Å². The number of halogens is 1. The number of hydrogen-bond acceptors (Lipinski definition) is 3. The maximum Gasteiger partial charge on any atom is 0.248 e. The molecule has 1 N–H and O–H groups in total. The van der Waals surface area contributed by atoms with Crippen LogP contribution in [-0.4, -0.2) is 26.0 Å². The summed E-state index contributed by atoms with van der Waals surface area (Å²) in [6.07, 6.45) is 3.04. The number of rotatable bonds is 5. The first kappa shape index (κ1) is 18.5. The lowest BCUT2D eigenvalue weighted by Gasteiger charge is -2.15. The number of nitrogens with zero attached hydrogens (tertiary/aromatic N) is 1. The largest absolute Gasteiger partial charge is 0.496 e. The maximum atomic E-state index is 12.1. The number of nitrogens with one attached hydrogen (secondary N) is 1. The van der Waals surface area contributed by atoms with Gasteiger partial charge >= 0.3 is 0 Å². The highest BCUT2D eigenvalue weighted by molar-refractivity contribution is 6.30. The summed E-state index contributed by atoms with van der Waals surface area (Å²) < 4.78 is 5.23. The summed E-state index contributed by atoms with van der Waals surface area (Å²) in [5.41, 5.74) is 2.10. The number of hydrogen-bond donors (Lipinski definition) is 1. The Bertz CT molecular complexity index is 801. The molecule has 0 bridgehead atoms. The number of carbonyl (C=O) groups excluding carboxylic acids is 2. The second-order valence-electron chi connectivity index (χ2n) is 5.33. The Labute approximate surface area is 151 Å². The fraction of sp³-hybridized carbons (Fsp3) is 0.158. The Kier molecular flexibility index (Phi) is 6.19. The summed E-state index contributed by atoms with van der Waals surface area (Å²) in [6.45, 7) is 1.49. The zero-order valence-corrected chi connectivity index (χ0v) is 15.0. The molecule has 25 heavy (non-hydrogen) atoms. The molecule has 0 unspecified atom stereocenters. The van der Waals surface area contributed by atoms with Gasteiger partial charge in [-0.2, -0.15) is 0 Å². The third kappa shape index (κ3) is 5.09. The molecule has 0 spiro atoms. The minimum atomic E-state index is -0.283. The average molecular weight is 359 g/mol. The van der Waals surface area contributed by atoms with Gasteiger partial charge in [0.1, 0.15) is 5.75 Å². The molecule has 0 aliphatic rings. The minimum absolute atomic E-state index is 0.0600. The van der Waals surface area contributed by atoms with Crippen LogP contribution in [0.1, 0.15) is 12.5 Å². The van der Waals surface area contributed by atoms with Gasteiger partial charge in [-0.15, -0.1) is 0 Å². The van der Waals surface area contributed by atoms with Crippen LogP contribution in [0, 0.1) is 0 Å². The summed E-state index contributed by atoms with van der Waals surface area (Å²) >= 11 is 5.96. The lowest BCUT2D eigenvalue weighted by molar-refractivity contribution is -0.116. The highest BCUT2D eigenvalue weighted by atomic mass is 35.5. The van der Waals surface area contributed by atoms with Crippen LogP contribution in [-0.2, 0) is 9.59 Å². The molecule has 0 radical (unpaired) electrons. The maximum absolute atomic E-state index is 12.1. The van der Waals surface area contributed by atoms with Crippen molar-refractivity contribution in [3.63, 3.8) is 0 Å². The molecule has 6 heteroatoms. The minimum Gasteiger partial charge on any atom is -0.496 e. The Morgan fingerprint density at radius 1 is 1.16 bits per heavy atom. The zero-order chi connectivity index (χ0) is 18.4. The Balaban J connectivity index is 2.05. The number of methoxy groups -OCH3 is 1. The van der Waals surface area contributed by atoms with Crippen LogP contribution in [0.25, 0.3) is 6.08 Å². The van der Waals surface area contributed by atoms with Gasteiger partial charge in [-0.3, -0.25) is 9.59 Å². The first-order chi connectivity index (χ1) is 11.9. The summed E-state index contributed by atoms with van der Waals surface area (Å²) in [4.78, 5) is 24.9. The summed E-state index contributed by atoms with van der Waals surface area (Å²) in [5.74, 6) is 0.287. The van der Waals surface area contributed by atoms with Crippen LogP contribution in [0.15, 0.2) is 48.5 Å². The number of carbonyl (C=O) groups is 2. The first-order valence-electron chi connectivity index (χ1n) is 7.57. The van der Waals surface area contributed by atoms with Crippen LogP contribution in [0.5, 0.6) is 5.75 Å². The van der Waals surface area contributed by atoms with Crippen molar-refractivity contribution >= 4 is 40.9 Å². The predicted octanol–water partition coefficient (Wildman–Crippen LogP) is 3.98. The van der Waals surface area contributed by atoms with Crippen LogP contribution in [0.4, 0.5) is 11.4 Å². The first-order valence-corrected chi connectivity index (χ1v) is 7.95. The van der Waals surface area contributed by atoms with Crippen molar-refractivity contribution in [1.29, 1.82) is 0 Å². The van der Waals surface area contributed by atoms with Gasteiger partial charge in [0.25, 0.3) is 0 Å². The van der Waals surface area contributed by atoms with Gasteiger partial charge in [-0.05, 0) is 48.5 Å². The van der Waals surface area contributed by atoms with Crippen molar-refractivity contribution < 1.29 is 14.3 Å². The van der Waals surface area contributed by atoms with E-state index in [0.717, 1.165) is 5.69 Å². The Morgan fingerprint density at radius 2 is 1.84 bits per heavy atom. The topological polar surface area (TPSA) is 58.6 Å². The van der Waals surface area contributed by atoms with E-state index < -0.39 is 0 Å². The Morgan fingerprint density at radius 3 is 2.44 bits per heavy atom. The quantitative estimate of drug-likeness (QED) is 0.822. The zero-order valence-electron chi connectivity index (χ0n) is 14.2. The molecule has 130 valence electrons. The van der Waals surface area contributed by atoms with E-state index in [1.807, 2.05) is 0 Å². The number of amides is 2. The van der Waals surface area contributed by atoms with Gasteiger partial charge in [0.2, 0.25) is 11.8 Å². The van der Waals surface area contributed by atoms with Gasteiger partial charge in [-0.25, -0.2) is 0 Å². The fourth-order valence-electron chi connectivity index (χ4n) is 2.14. The summed E-state index contributed by atoms with van der Waals surface area (Å²) in [5, 5.41) is 3.32. The summed E-state index contributed by atoms with van der Waals surface area (Å²) in [7, 11) is 3.25. The van der Waals surface area contributed by atoms with Crippen molar-refractivity contribution in [2.24, 2.45) is 0 Å². The normalized spacial score (nSPS) is 10.6. The monoisotopic (exact) mass is 358 g/mol. The SMILES string of the molecule is COc1ccc(Cl)cc1C=CC(=O)Nc1ccc(N(C)C(C)=O)cc1. The number of benzene rings is 2. The van der Waals surface area contributed by atoms with E-state index in [0.29, 0.717) is 22.0 Å². The molecule has 0 aliphatic heterocycles. The highest BCUT2D eigenvalue weighted by Crippen LogP contribution is 2.24. The van der Waals surface area contributed by atoms with Gasteiger partial charge in [0, 0.05) is 42.0 Å². The molecule has 0 aromatic heterocycles. The van der Waals surface area contributed by atoms with Crippen molar-refractivity contribution in [2.75, 3.05) is 24.4 Å². The molecule has 5 nitrogen and oxygen atoms in total. The number of anilines is 2.